The lowest BCUT2D eigenvalue weighted by Gasteiger charge is -2.08. The summed E-state index contributed by atoms with van der Waals surface area (Å²) in [6.45, 7) is 0.326. The number of methoxy groups -OCH3 is 2. The smallest absolute Gasteiger partial charge is 0.338 e. The molecule has 0 amide bonds. The SMILES string of the molecule is COCCOC(=O)c1ccc(OC)c(S(=O)(=O)Cl)c1. The normalized spacial score (nSPS) is 11.1. The van der Waals surface area contributed by atoms with Gasteiger partial charge in [0, 0.05) is 17.8 Å². The Bertz CT molecular complexity index is 554. The van der Waals surface area contributed by atoms with Crippen LogP contribution in [0.15, 0.2) is 23.1 Å². The van der Waals surface area contributed by atoms with Crippen molar-refractivity contribution in [2.45, 2.75) is 4.90 Å². The van der Waals surface area contributed by atoms with Crippen LogP contribution in [0.2, 0.25) is 0 Å². The Morgan fingerprint density at radius 3 is 2.47 bits per heavy atom. The molecule has 1 aromatic rings. The predicted molar refractivity (Wildman–Crippen MR) is 68.2 cm³/mol. The second-order valence-corrected chi connectivity index (χ2v) is 5.97. The summed E-state index contributed by atoms with van der Waals surface area (Å²) in [7, 11) is 4.03. The molecular formula is C11H13ClO6S. The molecule has 1 rings (SSSR count). The number of carbonyl (C=O) groups excluding carboxylic acids is 1. The van der Waals surface area contributed by atoms with Gasteiger partial charge in [0.15, 0.2) is 0 Å². The molecule has 0 unspecified atom stereocenters. The van der Waals surface area contributed by atoms with Gasteiger partial charge in [0.2, 0.25) is 0 Å². The van der Waals surface area contributed by atoms with E-state index in [-0.39, 0.29) is 29.4 Å². The maximum atomic E-state index is 11.6. The first-order valence-electron chi connectivity index (χ1n) is 5.19. The van der Waals surface area contributed by atoms with Crippen molar-refractivity contribution >= 4 is 25.7 Å². The molecule has 0 aromatic heterocycles. The molecule has 0 bridgehead atoms. The molecule has 0 N–H and O–H groups in total. The van der Waals surface area contributed by atoms with Crippen molar-refractivity contribution in [1.82, 2.24) is 0 Å². The number of halogens is 1. The number of esters is 1. The maximum absolute atomic E-state index is 11.6. The van der Waals surface area contributed by atoms with Crippen LogP contribution in [0.1, 0.15) is 10.4 Å². The highest BCUT2D eigenvalue weighted by Crippen LogP contribution is 2.28. The van der Waals surface area contributed by atoms with E-state index in [4.69, 9.17) is 24.9 Å². The number of hydrogen-bond donors (Lipinski definition) is 0. The van der Waals surface area contributed by atoms with E-state index < -0.39 is 15.0 Å². The first kappa shape index (κ1) is 15.7. The highest BCUT2D eigenvalue weighted by molar-refractivity contribution is 8.13. The highest BCUT2D eigenvalue weighted by atomic mass is 35.7. The molecule has 0 aliphatic carbocycles. The first-order valence-corrected chi connectivity index (χ1v) is 7.50. The maximum Gasteiger partial charge on any atom is 0.338 e. The van der Waals surface area contributed by atoms with E-state index in [1.54, 1.807) is 0 Å². The quantitative estimate of drug-likeness (QED) is 0.449. The summed E-state index contributed by atoms with van der Waals surface area (Å²) in [4.78, 5) is 11.4. The Morgan fingerprint density at radius 2 is 1.95 bits per heavy atom. The third-order valence-corrected chi connectivity index (χ3v) is 3.53. The lowest BCUT2D eigenvalue weighted by molar-refractivity contribution is 0.0388. The number of hydrogen-bond acceptors (Lipinski definition) is 6. The van der Waals surface area contributed by atoms with E-state index in [0.29, 0.717) is 0 Å². The van der Waals surface area contributed by atoms with Crippen molar-refractivity contribution in [2.24, 2.45) is 0 Å². The second-order valence-electron chi connectivity index (χ2n) is 3.43. The van der Waals surface area contributed by atoms with E-state index in [9.17, 15) is 13.2 Å². The van der Waals surface area contributed by atoms with Crippen molar-refractivity contribution in [3.63, 3.8) is 0 Å². The zero-order valence-electron chi connectivity index (χ0n) is 10.4. The van der Waals surface area contributed by atoms with Crippen molar-refractivity contribution in [1.29, 1.82) is 0 Å². The minimum Gasteiger partial charge on any atom is -0.495 e. The lowest BCUT2D eigenvalue weighted by atomic mass is 10.2. The van der Waals surface area contributed by atoms with Gasteiger partial charge in [-0.15, -0.1) is 0 Å². The third-order valence-electron chi connectivity index (χ3n) is 2.18. The molecule has 8 heteroatoms. The van der Waals surface area contributed by atoms with Crippen molar-refractivity contribution in [3.05, 3.63) is 23.8 Å². The molecule has 0 saturated heterocycles. The molecule has 0 aliphatic heterocycles. The van der Waals surface area contributed by atoms with Gasteiger partial charge in [-0.3, -0.25) is 0 Å². The van der Waals surface area contributed by atoms with E-state index in [2.05, 4.69) is 0 Å². The zero-order valence-corrected chi connectivity index (χ0v) is 12.0. The Morgan fingerprint density at radius 1 is 1.26 bits per heavy atom. The molecule has 0 fully saturated rings. The van der Waals surface area contributed by atoms with Crippen LogP contribution in [0.4, 0.5) is 0 Å². The molecule has 0 spiro atoms. The van der Waals surface area contributed by atoms with Crippen LogP contribution in [-0.2, 0) is 18.5 Å². The molecule has 1 aromatic carbocycles. The fraction of sp³-hybridized carbons (Fsp3) is 0.364. The van der Waals surface area contributed by atoms with Crippen LogP contribution >= 0.6 is 10.7 Å². The Kier molecular flexibility index (Phi) is 5.59. The van der Waals surface area contributed by atoms with Crippen LogP contribution < -0.4 is 4.74 Å². The highest BCUT2D eigenvalue weighted by Gasteiger charge is 2.19. The molecule has 106 valence electrons. The van der Waals surface area contributed by atoms with Crippen LogP contribution in [0, 0.1) is 0 Å². The predicted octanol–water partition coefficient (Wildman–Crippen LogP) is 1.43. The Balaban J connectivity index is 3.02. The lowest BCUT2D eigenvalue weighted by Crippen LogP contribution is -2.10. The van der Waals surface area contributed by atoms with Crippen molar-refractivity contribution < 1.29 is 27.4 Å². The third kappa shape index (κ3) is 4.38. The van der Waals surface area contributed by atoms with Crippen molar-refractivity contribution in [3.8, 4) is 5.75 Å². The van der Waals surface area contributed by atoms with E-state index in [0.717, 1.165) is 6.07 Å². The Hall–Kier alpha value is -1.31. The minimum atomic E-state index is -4.01. The van der Waals surface area contributed by atoms with E-state index in [1.165, 1.54) is 26.4 Å². The fourth-order valence-electron chi connectivity index (χ4n) is 1.30. The number of rotatable bonds is 6. The molecule has 19 heavy (non-hydrogen) atoms. The number of benzene rings is 1. The summed E-state index contributed by atoms with van der Waals surface area (Å²) in [6, 6.07) is 3.83. The molecule has 6 nitrogen and oxygen atoms in total. The second kappa shape index (κ2) is 6.74. The van der Waals surface area contributed by atoms with Crippen LogP contribution in [0.25, 0.3) is 0 Å². The number of carbonyl (C=O) groups is 1. The van der Waals surface area contributed by atoms with Crippen LogP contribution in [0.3, 0.4) is 0 Å². The molecule has 0 heterocycles. The standard InChI is InChI=1S/C11H13ClO6S/c1-16-5-6-18-11(13)8-3-4-9(17-2)10(7-8)19(12,14)15/h3-4,7H,5-6H2,1-2H3. The topological polar surface area (TPSA) is 78.9 Å². The minimum absolute atomic E-state index is 0.0587. The van der Waals surface area contributed by atoms with Gasteiger partial charge >= 0.3 is 5.97 Å². The first-order chi connectivity index (χ1) is 8.90. The largest absolute Gasteiger partial charge is 0.495 e. The summed E-state index contributed by atoms with van der Waals surface area (Å²) in [6.07, 6.45) is 0. The average molecular weight is 309 g/mol. The summed E-state index contributed by atoms with van der Waals surface area (Å²) >= 11 is 0. The van der Waals surface area contributed by atoms with Gasteiger partial charge in [-0.1, -0.05) is 0 Å². The van der Waals surface area contributed by atoms with Gasteiger partial charge < -0.3 is 14.2 Å². The summed E-state index contributed by atoms with van der Waals surface area (Å²) in [5, 5.41) is 0. The van der Waals surface area contributed by atoms with Gasteiger partial charge in [0.25, 0.3) is 9.05 Å². The van der Waals surface area contributed by atoms with Gasteiger partial charge in [0.05, 0.1) is 19.3 Å². The molecule has 0 radical (unpaired) electrons. The molecule has 0 aliphatic rings. The average Bonchev–Trinajstić information content (AvgIpc) is 2.37. The molecule has 0 saturated carbocycles. The van der Waals surface area contributed by atoms with E-state index >= 15 is 0 Å². The van der Waals surface area contributed by atoms with Crippen LogP contribution in [-0.4, -0.2) is 41.8 Å². The zero-order chi connectivity index (χ0) is 14.5. The molecule has 0 atom stereocenters. The van der Waals surface area contributed by atoms with E-state index in [1.807, 2.05) is 0 Å². The van der Waals surface area contributed by atoms with Crippen LogP contribution in [0.5, 0.6) is 5.75 Å². The fourth-order valence-corrected chi connectivity index (χ4v) is 2.32. The summed E-state index contributed by atoms with van der Waals surface area (Å²) in [5.41, 5.74) is 0.0659. The monoisotopic (exact) mass is 308 g/mol. The van der Waals surface area contributed by atoms with Gasteiger partial charge in [0.1, 0.15) is 17.3 Å². The summed E-state index contributed by atoms with van der Waals surface area (Å²) in [5.74, 6) is -0.607. The van der Waals surface area contributed by atoms with Crippen molar-refractivity contribution in [2.75, 3.05) is 27.4 Å². The number of ether oxygens (including phenoxy) is 3. The van der Waals surface area contributed by atoms with Gasteiger partial charge in [-0.25, -0.2) is 13.2 Å². The Labute approximate surface area is 115 Å². The van der Waals surface area contributed by atoms with Gasteiger partial charge in [-0.2, -0.15) is 0 Å². The van der Waals surface area contributed by atoms with Gasteiger partial charge in [-0.05, 0) is 18.2 Å². The molecular weight excluding hydrogens is 296 g/mol. The summed E-state index contributed by atoms with van der Waals surface area (Å²) < 4.78 is 37.2.